The number of anilines is 1. The Morgan fingerprint density at radius 3 is 1.68 bits per heavy atom. The summed E-state index contributed by atoms with van der Waals surface area (Å²) >= 11 is 0. The predicted molar refractivity (Wildman–Crippen MR) is 105 cm³/mol. The topological polar surface area (TPSA) is 121 Å². The number of rotatable bonds is 3. The number of oxazole rings is 2. The van der Waals surface area contributed by atoms with E-state index < -0.39 is 34.1 Å². The van der Waals surface area contributed by atoms with Gasteiger partial charge in [-0.3, -0.25) is 10.1 Å². The number of alkyl halides is 6. The van der Waals surface area contributed by atoms with Gasteiger partial charge < -0.3 is 14.6 Å². The van der Waals surface area contributed by atoms with Crippen LogP contribution in [-0.2, 0) is 12.4 Å². The van der Waals surface area contributed by atoms with Crippen LogP contribution in [0.1, 0.15) is 11.1 Å². The molecule has 0 atom stereocenters. The van der Waals surface area contributed by atoms with E-state index in [0.29, 0.717) is 6.07 Å². The van der Waals surface area contributed by atoms with Crippen LogP contribution in [0.5, 0.6) is 0 Å². The van der Waals surface area contributed by atoms with Crippen molar-refractivity contribution in [1.29, 1.82) is 0 Å². The highest BCUT2D eigenvalue weighted by Gasteiger charge is 2.36. The Kier molecular flexibility index (Phi) is 6.61. The van der Waals surface area contributed by atoms with Crippen molar-refractivity contribution < 1.29 is 40.1 Å². The van der Waals surface area contributed by atoms with Gasteiger partial charge in [-0.2, -0.15) is 26.3 Å². The van der Waals surface area contributed by atoms with Crippen molar-refractivity contribution in [2.24, 2.45) is 0 Å². The molecule has 2 N–H and O–H groups in total. The maximum atomic E-state index is 12.8. The zero-order valence-electron chi connectivity index (χ0n) is 16.6. The quantitative estimate of drug-likeness (QED) is 0.158. The minimum atomic E-state index is -4.71. The molecule has 14 heteroatoms. The molecule has 0 fully saturated rings. The molecule has 0 saturated heterocycles. The largest absolute Gasteiger partial charge is 0.444 e. The van der Waals surface area contributed by atoms with Crippen LogP contribution >= 0.6 is 0 Å². The van der Waals surface area contributed by atoms with Crippen molar-refractivity contribution in [2.45, 2.75) is 12.4 Å². The summed E-state index contributed by atoms with van der Waals surface area (Å²) in [6.45, 7) is 0. The highest BCUT2D eigenvalue weighted by Crippen LogP contribution is 2.39. The van der Waals surface area contributed by atoms with E-state index in [0.717, 1.165) is 37.2 Å². The molecule has 2 heterocycles. The van der Waals surface area contributed by atoms with Gasteiger partial charge in [0.1, 0.15) is 0 Å². The second-order valence-corrected chi connectivity index (χ2v) is 6.52. The van der Waals surface area contributed by atoms with Crippen LogP contribution in [0, 0.1) is 10.1 Å². The second kappa shape index (κ2) is 9.25. The number of nitrogens with two attached hydrogens (primary N) is 1. The Morgan fingerprint density at radius 1 is 0.794 bits per heavy atom. The number of nitro benzene ring substituents is 1. The Labute approximate surface area is 185 Å². The SMILES string of the molecule is Nc1ccc(-c2cnco2)c(C(F)(F)F)c1.O=[N+]([O-])c1ccc(-c2cnco2)c(C(F)(F)F)c1. The van der Waals surface area contributed by atoms with Gasteiger partial charge in [-0.25, -0.2) is 9.97 Å². The third-order valence-corrected chi connectivity index (χ3v) is 4.26. The number of nitrogens with zero attached hydrogens (tertiary/aromatic N) is 3. The molecule has 0 aliphatic heterocycles. The fraction of sp³-hybridized carbons (Fsp3) is 0.100. The molecule has 34 heavy (non-hydrogen) atoms. The number of halogens is 6. The van der Waals surface area contributed by atoms with Crippen LogP contribution in [0.2, 0.25) is 0 Å². The molecule has 8 nitrogen and oxygen atoms in total. The Hall–Kier alpha value is -4.36. The number of aromatic nitrogens is 2. The first-order valence-electron chi connectivity index (χ1n) is 8.98. The molecular formula is C20H12F6N4O4. The Balaban J connectivity index is 0.000000192. The summed E-state index contributed by atoms with van der Waals surface area (Å²) in [6.07, 6.45) is -4.80. The van der Waals surface area contributed by atoms with Gasteiger partial charge in [-0.05, 0) is 24.3 Å². The lowest BCUT2D eigenvalue weighted by Crippen LogP contribution is -2.07. The number of non-ortho nitro benzene ring substituents is 1. The highest BCUT2D eigenvalue weighted by atomic mass is 19.4. The molecule has 2 aromatic heterocycles. The monoisotopic (exact) mass is 486 g/mol. The van der Waals surface area contributed by atoms with Crippen LogP contribution in [0.4, 0.5) is 37.7 Å². The summed E-state index contributed by atoms with van der Waals surface area (Å²) in [5.41, 5.74) is 2.43. The lowest BCUT2D eigenvalue weighted by atomic mass is 10.0. The van der Waals surface area contributed by atoms with Gasteiger partial charge in [0.15, 0.2) is 24.3 Å². The molecule has 178 valence electrons. The summed E-state index contributed by atoms with van der Waals surface area (Å²) in [5.74, 6) is -0.0375. The normalized spacial score (nSPS) is 11.6. The van der Waals surface area contributed by atoms with Crippen LogP contribution in [0.15, 0.2) is 70.4 Å². The molecule has 4 rings (SSSR count). The van der Waals surface area contributed by atoms with E-state index in [1.54, 1.807) is 0 Å². The Bertz CT molecular complexity index is 1270. The number of hydrogen-bond acceptors (Lipinski definition) is 7. The van der Waals surface area contributed by atoms with E-state index in [1.807, 2.05) is 0 Å². The van der Waals surface area contributed by atoms with E-state index in [4.69, 9.17) is 14.6 Å². The minimum Gasteiger partial charge on any atom is -0.444 e. The van der Waals surface area contributed by atoms with Gasteiger partial charge >= 0.3 is 12.4 Å². The molecule has 0 aliphatic rings. The molecule has 4 aromatic rings. The van der Waals surface area contributed by atoms with Crippen LogP contribution in [0.25, 0.3) is 22.6 Å². The molecule has 0 amide bonds. The van der Waals surface area contributed by atoms with E-state index in [2.05, 4.69) is 9.97 Å². The Morgan fingerprint density at radius 2 is 1.26 bits per heavy atom. The summed E-state index contributed by atoms with van der Waals surface area (Å²) in [5, 5.41) is 10.5. The average molecular weight is 486 g/mol. The average Bonchev–Trinajstić information content (AvgIpc) is 3.47. The third kappa shape index (κ3) is 5.51. The molecule has 0 aliphatic carbocycles. The number of nitrogen functional groups attached to an aromatic ring is 1. The third-order valence-electron chi connectivity index (χ3n) is 4.26. The lowest BCUT2D eigenvalue weighted by molar-refractivity contribution is -0.385. The molecule has 0 bridgehead atoms. The van der Waals surface area contributed by atoms with Gasteiger partial charge in [0.25, 0.3) is 5.69 Å². The van der Waals surface area contributed by atoms with Crippen molar-refractivity contribution in [1.82, 2.24) is 9.97 Å². The van der Waals surface area contributed by atoms with Crippen molar-refractivity contribution in [3.05, 3.63) is 82.8 Å². The molecule has 0 radical (unpaired) electrons. The fourth-order valence-electron chi connectivity index (χ4n) is 2.80. The molecule has 0 unspecified atom stereocenters. The minimum absolute atomic E-state index is 0.0515. The molecule has 0 saturated carbocycles. The lowest BCUT2D eigenvalue weighted by Gasteiger charge is -2.11. The molecule has 2 aromatic carbocycles. The maximum Gasteiger partial charge on any atom is 0.417 e. The van der Waals surface area contributed by atoms with Gasteiger partial charge in [0.2, 0.25) is 0 Å². The summed E-state index contributed by atoms with van der Waals surface area (Å²) in [6, 6.07) is 5.95. The predicted octanol–water partition coefficient (Wildman–Crippen LogP) is 6.21. The second-order valence-electron chi connectivity index (χ2n) is 6.52. The zero-order chi connectivity index (χ0) is 25.1. The first-order chi connectivity index (χ1) is 15.9. The maximum absolute atomic E-state index is 12.8. The highest BCUT2D eigenvalue weighted by molar-refractivity contribution is 5.66. The van der Waals surface area contributed by atoms with Crippen LogP contribution in [0.3, 0.4) is 0 Å². The first-order valence-corrected chi connectivity index (χ1v) is 8.98. The van der Waals surface area contributed by atoms with Crippen molar-refractivity contribution >= 4 is 11.4 Å². The van der Waals surface area contributed by atoms with Gasteiger partial charge in [0.05, 0.1) is 28.4 Å². The zero-order valence-corrected chi connectivity index (χ0v) is 16.6. The smallest absolute Gasteiger partial charge is 0.417 e. The summed E-state index contributed by atoms with van der Waals surface area (Å²) in [7, 11) is 0. The van der Waals surface area contributed by atoms with E-state index in [1.165, 1.54) is 18.3 Å². The number of hydrogen-bond donors (Lipinski definition) is 1. The van der Waals surface area contributed by atoms with Crippen LogP contribution in [-0.4, -0.2) is 14.9 Å². The standard InChI is InChI=1S/C10H5F3N2O3.C10H7F3N2O/c11-10(12,13)8-3-6(15(16)17)1-2-7(8)9-4-14-5-18-9;11-10(12,13)8-3-6(14)1-2-7(8)9-4-15-5-16-9/h1-5H;1-5H,14H2. The van der Waals surface area contributed by atoms with Crippen molar-refractivity contribution in [3.8, 4) is 22.6 Å². The van der Waals surface area contributed by atoms with Gasteiger partial charge in [-0.1, -0.05) is 0 Å². The summed E-state index contributed by atoms with van der Waals surface area (Å²) < 4.78 is 86.1. The number of nitro groups is 1. The van der Waals surface area contributed by atoms with Gasteiger partial charge in [-0.15, -0.1) is 0 Å². The summed E-state index contributed by atoms with van der Waals surface area (Å²) in [4.78, 5) is 16.7. The van der Waals surface area contributed by atoms with Gasteiger partial charge in [0, 0.05) is 28.9 Å². The molecular weight excluding hydrogens is 474 g/mol. The van der Waals surface area contributed by atoms with Crippen LogP contribution < -0.4 is 5.73 Å². The number of benzene rings is 2. The van der Waals surface area contributed by atoms with Crippen molar-refractivity contribution in [3.63, 3.8) is 0 Å². The van der Waals surface area contributed by atoms with E-state index >= 15 is 0 Å². The molecule has 0 spiro atoms. The van der Waals surface area contributed by atoms with E-state index in [-0.39, 0.29) is 28.3 Å². The first kappa shape index (κ1) is 24.3. The van der Waals surface area contributed by atoms with E-state index in [9.17, 15) is 36.5 Å². The fourth-order valence-corrected chi connectivity index (χ4v) is 2.80. The van der Waals surface area contributed by atoms with Crippen molar-refractivity contribution in [2.75, 3.05) is 5.73 Å².